The molecule has 7 rings (SSSR count). The van der Waals surface area contributed by atoms with Crippen LogP contribution < -0.4 is 4.74 Å². The summed E-state index contributed by atoms with van der Waals surface area (Å²) >= 11 is 5.68. The number of carbonyl (C=O) groups excluding carboxylic acids is 2. The minimum Gasteiger partial charge on any atom is -0.459 e. The average molecular weight is 610 g/mol. The van der Waals surface area contributed by atoms with E-state index in [0.29, 0.717) is 22.3 Å². The quantitative estimate of drug-likeness (QED) is 0.167. The zero-order valence-electron chi connectivity index (χ0n) is 23.8. The second-order valence-electron chi connectivity index (χ2n) is 10.3. The van der Waals surface area contributed by atoms with Gasteiger partial charge in [-0.15, -0.1) is 10.2 Å². The molecule has 2 heterocycles. The summed E-state index contributed by atoms with van der Waals surface area (Å²) < 4.78 is 5.58. The molecule has 0 aliphatic carbocycles. The van der Waals surface area contributed by atoms with Gasteiger partial charge >= 0.3 is 6.01 Å². The Hall–Kier alpha value is -5.73. The predicted octanol–water partition coefficient (Wildman–Crippen LogP) is 7.26. The fourth-order valence-electron chi connectivity index (χ4n) is 5.81. The lowest BCUT2D eigenvalue weighted by atomic mass is 9.78. The molecule has 0 unspecified atom stereocenters. The number of fused-ring (bicyclic) bond motifs is 1. The van der Waals surface area contributed by atoms with Crippen molar-refractivity contribution in [2.24, 2.45) is 0 Å². The smallest absolute Gasteiger partial charge is 0.355 e. The van der Waals surface area contributed by atoms with Crippen molar-refractivity contribution in [3.63, 3.8) is 0 Å². The van der Waals surface area contributed by atoms with Crippen LogP contribution in [0, 0.1) is 0 Å². The molecule has 8 nitrogen and oxygen atoms in total. The number of ether oxygens (including phenoxy) is 1. The summed E-state index contributed by atoms with van der Waals surface area (Å²) in [6, 6.07) is 39.4. The zero-order chi connectivity index (χ0) is 30.8. The van der Waals surface area contributed by atoms with E-state index >= 15 is 0 Å². The van der Waals surface area contributed by atoms with Gasteiger partial charge in [-0.2, -0.15) is 0 Å². The van der Waals surface area contributed by atoms with Crippen LogP contribution in [-0.2, 0) is 0 Å². The van der Waals surface area contributed by atoms with Crippen LogP contribution >= 0.6 is 11.6 Å². The first-order valence-corrected chi connectivity index (χ1v) is 14.7. The van der Waals surface area contributed by atoms with E-state index in [2.05, 4.69) is 20.4 Å². The molecule has 0 saturated carbocycles. The van der Waals surface area contributed by atoms with E-state index in [1.807, 2.05) is 121 Å². The van der Waals surface area contributed by atoms with E-state index in [-0.39, 0.29) is 24.4 Å². The van der Waals surface area contributed by atoms with Crippen molar-refractivity contribution >= 4 is 23.4 Å². The van der Waals surface area contributed by atoms with Gasteiger partial charge in [0.2, 0.25) is 0 Å². The van der Waals surface area contributed by atoms with Crippen LogP contribution in [0.5, 0.6) is 6.01 Å². The topological polar surface area (TPSA) is 98.2 Å². The highest BCUT2D eigenvalue weighted by molar-refractivity contribution is 6.30. The van der Waals surface area contributed by atoms with Gasteiger partial charge in [0.25, 0.3) is 17.1 Å². The first-order chi connectivity index (χ1) is 22.1. The van der Waals surface area contributed by atoms with Crippen LogP contribution in [0.1, 0.15) is 20.7 Å². The maximum atomic E-state index is 14.5. The van der Waals surface area contributed by atoms with Gasteiger partial charge in [-0.25, -0.2) is 0 Å². The molecule has 0 radical (unpaired) electrons. The lowest BCUT2D eigenvalue weighted by Crippen LogP contribution is -2.34. The Morgan fingerprint density at radius 1 is 0.489 bits per heavy atom. The molecule has 0 bridgehead atoms. The van der Waals surface area contributed by atoms with Crippen molar-refractivity contribution < 1.29 is 14.3 Å². The fourth-order valence-corrected chi connectivity index (χ4v) is 5.89. The summed E-state index contributed by atoms with van der Waals surface area (Å²) in [5.74, 6) is -0.806. The Morgan fingerprint density at radius 3 is 1.18 bits per heavy atom. The van der Waals surface area contributed by atoms with Crippen molar-refractivity contribution in [3.8, 4) is 50.5 Å². The monoisotopic (exact) mass is 609 g/mol. The normalized spacial score (nSPS) is 12.3. The highest BCUT2D eigenvalue weighted by Gasteiger charge is 2.43. The first-order valence-electron chi connectivity index (χ1n) is 14.3. The lowest BCUT2D eigenvalue weighted by Gasteiger charge is -2.23. The first kappa shape index (κ1) is 28.1. The third kappa shape index (κ3) is 5.21. The Kier molecular flexibility index (Phi) is 7.55. The van der Waals surface area contributed by atoms with Gasteiger partial charge in [0, 0.05) is 11.1 Å². The number of benzene rings is 5. The molecule has 218 valence electrons. The van der Waals surface area contributed by atoms with E-state index in [4.69, 9.17) is 16.3 Å². The van der Waals surface area contributed by atoms with E-state index in [9.17, 15) is 9.59 Å². The average Bonchev–Trinajstić information content (AvgIpc) is 3.34. The minimum absolute atomic E-state index is 0.0396. The van der Waals surface area contributed by atoms with Crippen LogP contribution in [0.15, 0.2) is 121 Å². The summed E-state index contributed by atoms with van der Waals surface area (Å²) in [6.07, 6.45) is 0. The van der Waals surface area contributed by atoms with E-state index in [1.165, 1.54) is 4.90 Å². The number of amides is 2. The molecule has 9 heteroatoms. The predicted molar refractivity (Wildman–Crippen MR) is 172 cm³/mol. The van der Waals surface area contributed by atoms with Gasteiger partial charge in [0.15, 0.2) is 0 Å². The summed E-state index contributed by atoms with van der Waals surface area (Å²) in [4.78, 5) is 30.2. The number of halogens is 1. The SMILES string of the molecule is O=C1c2c(c(-c3ccccc3)c(-c3ccccc3)c(-c3ccccc3)c2-c2ccccc2)C(=O)N1CCOc1nnc(Cl)nn1. The standard InChI is InChI=1S/C36H24ClN5O3/c37-35-38-40-36(41-39-35)45-22-21-42-33(43)31-29(25-17-9-3-10-18-25)27(23-13-5-1-6-14-23)28(24-15-7-2-8-16-24)30(32(31)34(42)44)26-19-11-4-12-20-26/h1-20H,21-22H2. The second-order valence-corrected chi connectivity index (χ2v) is 10.6. The molecule has 1 aliphatic heterocycles. The maximum Gasteiger partial charge on any atom is 0.355 e. The van der Waals surface area contributed by atoms with Gasteiger partial charge in [-0.3, -0.25) is 14.5 Å². The summed E-state index contributed by atoms with van der Waals surface area (Å²) in [5, 5.41) is 14.6. The number of rotatable bonds is 8. The summed E-state index contributed by atoms with van der Waals surface area (Å²) in [6.45, 7) is -0.100. The fraction of sp³-hybridized carbons (Fsp3) is 0.0556. The summed E-state index contributed by atoms with van der Waals surface area (Å²) in [7, 11) is 0. The van der Waals surface area contributed by atoms with Gasteiger partial charge in [-0.05, 0) is 45.0 Å². The van der Waals surface area contributed by atoms with Crippen LogP contribution in [-0.4, -0.2) is 50.3 Å². The molecule has 0 fully saturated rings. The van der Waals surface area contributed by atoms with Crippen molar-refractivity contribution in [1.82, 2.24) is 25.3 Å². The highest BCUT2D eigenvalue weighted by atomic mass is 35.5. The number of hydrogen-bond donors (Lipinski definition) is 0. The number of aromatic nitrogens is 4. The zero-order valence-corrected chi connectivity index (χ0v) is 24.6. The molecule has 0 saturated heterocycles. The molecule has 6 aromatic rings. The Morgan fingerprint density at radius 2 is 0.822 bits per heavy atom. The van der Waals surface area contributed by atoms with Crippen molar-refractivity contribution in [3.05, 3.63) is 138 Å². The number of carbonyl (C=O) groups is 2. The Balaban J connectivity index is 1.51. The van der Waals surface area contributed by atoms with Crippen LogP contribution in [0.4, 0.5) is 0 Å². The largest absolute Gasteiger partial charge is 0.459 e. The van der Waals surface area contributed by atoms with Gasteiger partial charge in [-0.1, -0.05) is 132 Å². The van der Waals surface area contributed by atoms with Crippen LogP contribution in [0.25, 0.3) is 44.5 Å². The van der Waals surface area contributed by atoms with Crippen LogP contribution in [0.2, 0.25) is 5.28 Å². The van der Waals surface area contributed by atoms with Gasteiger partial charge in [0.05, 0.1) is 17.7 Å². The van der Waals surface area contributed by atoms with E-state index in [0.717, 1.165) is 33.4 Å². The maximum absolute atomic E-state index is 14.5. The second kappa shape index (κ2) is 12.1. The molecule has 0 spiro atoms. The summed E-state index contributed by atoms with van der Waals surface area (Å²) in [5.41, 5.74) is 7.37. The molecular weight excluding hydrogens is 586 g/mol. The van der Waals surface area contributed by atoms with Gasteiger partial charge in [0.1, 0.15) is 6.61 Å². The molecular formula is C36H24ClN5O3. The van der Waals surface area contributed by atoms with Crippen molar-refractivity contribution in [2.75, 3.05) is 13.2 Å². The Labute approximate surface area is 263 Å². The molecule has 0 N–H and O–H groups in total. The molecule has 2 amide bonds. The van der Waals surface area contributed by atoms with Crippen LogP contribution in [0.3, 0.4) is 0 Å². The molecule has 1 aromatic heterocycles. The molecule has 0 atom stereocenters. The van der Waals surface area contributed by atoms with Crippen molar-refractivity contribution in [1.29, 1.82) is 0 Å². The molecule has 1 aliphatic rings. The highest BCUT2D eigenvalue weighted by Crippen LogP contribution is 2.51. The van der Waals surface area contributed by atoms with E-state index in [1.54, 1.807) is 0 Å². The molecule has 5 aromatic carbocycles. The van der Waals surface area contributed by atoms with Gasteiger partial charge < -0.3 is 4.74 Å². The molecule has 45 heavy (non-hydrogen) atoms. The van der Waals surface area contributed by atoms with Crippen molar-refractivity contribution in [2.45, 2.75) is 0 Å². The lowest BCUT2D eigenvalue weighted by molar-refractivity contribution is 0.0628. The number of hydrogen-bond acceptors (Lipinski definition) is 7. The number of imide groups is 1. The van der Waals surface area contributed by atoms with E-state index < -0.39 is 11.8 Å². The third-order valence-electron chi connectivity index (χ3n) is 7.65. The minimum atomic E-state index is -0.403. The third-order valence-corrected chi connectivity index (χ3v) is 7.80. The Bertz CT molecular complexity index is 1890. The number of nitrogens with zero attached hydrogens (tertiary/aromatic N) is 5.